The van der Waals surface area contributed by atoms with E-state index in [1.807, 2.05) is 24.3 Å². The molecule has 26 heavy (non-hydrogen) atoms. The Labute approximate surface area is 159 Å². The Morgan fingerprint density at radius 3 is 2.35 bits per heavy atom. The van der Waals surface area contributed by atoms with Gasteiger partial charge in [-0.2, -0.15) is 0 Å². The van der Waals surface area contributed by atoms with Crippen molar-refractivity contribution < 1.29 is 9.47 Å². The average Bonchev–Trinajstić information content (AvgIpc) is 2.62. The molecule has 2 N–H and O–H groups in total. The van der Waals surface area contributed by atoms with E-state index in [2.05, 4.69) is 48.2 Å². The minimum Gasteiger partial charge on any atom is -0.496 e. The van der Waals surface area contributed by atoms with Crippen LogP contribution in [0.15, 0.2) is 29.3 Å². The molecule has 1 rings (SSSR count). The molecule has 0 fully saturated rings. The Hall–Kier alpha value is -1.79. The maximum absolute atomic E-state index is 5.73. The van der Waals surface area contributed by atoms with Gasteiger partial charge >= 0.3 is 0 Å². The zero-order valence-corrected chi connectivity index (χ0v) is 17.2. The molecule has 1 aromatic rings. The lowest BCUT2D eigenvalue weighted by Gasteiger charge is -2.30. The molecule has 0 bridgehead atoms. The molecule has 0 aliphatic heterocycles. The fraction of sp³-hybridized carbons (Fsp3) is 0.650. The smallest absolute Gasteiger partial charge is 0.191 e. The van der Waals surface area contributed by atoms with Crippen molar-refractivity contribution >= 4 is 5.96 Å². The van der Waals surface area contributed by atoms with Crippen LogP contribution >= 0.6 is 0 Å². The number of benzene rings is 1. The predicted octanol–water partition coefficient (Wildman–Crippen LogP) is 2.50. The zero-order valence-electron chi connectivity index (χ0n) is 17.2. The van der Waals surface area contributed by atoms with E-state index in [9.17, 15) is 0 Å². The Balaban J connectivity index is 2.24. The molecule has 0 saturated heterocycles. The van der Waals surface area contributed by atoms with Crippen molar-refractivity contribution in [3.8, 4) is 5.75 Å². The molecule has 1 aromatic carbocycles. The van der Waals surface area contributed by atoms with Crippen molar-refractivity contribution in [2.45, 2.75) is 46.4 Å². The van der Waals surface area contributed by atoms with Gasteiger partial charge in [0.05, 0.1) is 20.3 Å². The average molecular weight is 365 g/mol. The molecule has 0 spiro atoms. The van der Waals surface area contributed by atoms with Crippen LogP contribution in [0.1, 0.15) is 33.3 Å². The molecule has 0 heterocycles. The first-order chi connectivity index (χ1) is 12.5. The highest BCUT2D eigenvalue weighted by Crippen LogP contribution is 2.17. The summed E-state index contributed by atoms with van der Waals surface area (Å²) >= 11 is 0. The van der Waals surface area contributed by atoms with Crippen LogP contribution in [0.25, 0.3) is 0 Å². The first-order valence-electron chi connectivity index (χ1n) is 9.39. The second-order valence-electron chi connectivity index (χ2n) is 6.72. The summed E-state index contributed by atoms with van der Waals surface area (Å²) in [7, 11) is 3.46. The molecule has 0 aliphatic carbocycles. The molecule has 148 valence electrons. The Bertz CT molecular complexity index is 524. The lowest BCUT2D eigenvalue weighted by molar-refractivity contribution is 0.123. The third-order valence-corrected chi connectivity index (χ3v) is 4.20. The monoisotopic (exact) mass is 364 g/mol. The molecule has 0 aromatic heterocycles. The molecular formula is C20H36N4O2. The van der Waals surface area contributed by atoms with Gasteiger partial charge in [0, 0.05) is 44.3 Å². The standard InChI is InChI=1S/C20H36N4O2/c1-16(2)24(17(3)4)13-11-22-20(21-5)23-12-14-26-15-18-9-7-8-10-19(18)25-6/h7-10,16-17H,11-15H2,1-6H3,(H2,21,22,23). The summed E-state index contributed by atoms with van der Waals surface area (Å²) in [5.74, 6) is 1.66. The van der Waals surface area contributed by atoms with Crippen molar-refractivity contribution in [1.82, 2.24) is 15.5 Å². The van der Waals surface area contributed by atoms with Gasteiger partial charge in [0.2, 0.25) is 0 Å². The molecule has 0 radical (unpaired) electrons. The van der Waals surface area contributed by atoms with Gasteiger partial charge in [-0.25, -0.2) is 0 Å². The van der Waals surface area contributed by atoms with Gasteiger partial charge in [-0.3, -0.25) is 9.89 Å². The largest absolute Gasteiger partial charge is 0.496 e. The highest BCUT2D eigenvalue weighted by Gasteiger charge is 2.12. The summed E-state index contributed by atoms with van der Waals surface area (Å²) in [6.45, 7) is 12.6. The van der Waals surface area contributed by atoms with Crippen LogP contribution in [0.2, 0.25) is 0 Å². The summed E-state index contributed by atoms with van der Waals surface area (Å²) in [4.78, 5) is 6.71. The third kappa shape index (κ3) is 8.06. The van der Waals surface area contributed by atoms with Crippen LogP contribution in [0.3, 0.4) is 0 Å². The lowest BCUT2D eigenvalue weighted by Crippen LogP contribution is -2.45. The van der Waals surface area contributed by atoms with Gasteiger partial charge in [-0.15, -0.1) is 0 Å². The van der Waals surface area contributed by atoms with Gasteiger partial charge in [0.15, 0.2) is 5.96 Å². The van der Waals surface area contributed by atoms with Crippen LogP contribution < -0.4 is 15.4 Å². The van der Waals surface area contributed by atoms with Gasteiger partial charge < -0.3 is 20.1 Å². The van der Waals surface area contributed by atoms with E-state index < -0.39 is 0 Å². The van der Waals surface area contributed by atoms with E-state index in [0.29, 0.717) is 31.8 Å². The number of hydrogen-bond acceptors (Lipinski definition) is 4. The molecule has 0 unspecified atom stereocenters. The van der Waals surface area contributed by atoms with E-state index in [1.54, 1.807) is 14.2 Å². The second-order valence-corrected chi connectivity index (χ2v) is 6.72. The maximum Gasteiger partial charge on any atom is 0.191 e. The highest BCUT2D eigenvalue weighted by atomic mass is 16.5. The number of nitrogens with zero attached hydrogens (tertiary/aromatic N) is 2. The van der Waals surface area contributed by atoms with Crippen LogP contribution in [0.4, 0.5) is 0 Å². The fourth-order valence-corrected chi connectivity index (χ4v) is 2.88. The number of hydrogen-bond donors (Lipinski definition) is 2. The summed E-state index contributed by atoms with van der Waals surface area (Å²) in [5, 5.41) is 6.64. The van der Waals surface area contributed by atoms with Crippen molar-refractivity contribution in [3.63, 3.8) is 0 Å². The Morgan fingerprint density at radius 1 is 1.08 bits per heavy atom. The molecule has 0 amide bonds. The molecule has 0 aliphatic rings. The van der Waals surface area contributed by atoms with Crippen LogP contribution in [-0.4, -0.2) is 63.3 Å². The molecule has 0 saturated carbocycles. The lowest BCUT2D eigenvalue weighted by atomic mass is 10.2. The normalized spacial score (nSPS) is 12.1. The summed E-state index contributed by atoms with van der Waals surface area (Å²) in [5.41, 5.74) is 1.06. The molecule has 0 atom stereocenters. The van der Waals surface area contributed by atoms with E-state index in [4.69, 9.17) is 9.47 Å². The number of aliphatic imine (C=N–C) groups is 1. The van der Waals surface area contributed by atoms with E-state index >= 15 is 0 Å². The number of para-hydroxylation sites is 1. The van der Waals surface area contributed by atoms with Crippen molar-refractivity contribution in [3.05, 3.63) is 29.8 Å². The topological polar surface area (TPSA) is 58.1 Å². The Morgan fingerprint density at radius 2 is 1.73 bits per heavy atom. The highest BCUT2D eigenvalue weighted by molar-refractivity contribution is 5.79. The van der Waals surface area contributed by atoms with Crippen molar-refractivity contribution in [2.75, 3.05) is 40.4 Å². The maximum atomic E-state index is 5.73. The third-order valence-electron chi connectivity index (χ3n) is 4.20. The Kier molecular flexibility index (Phi) is 10.7. The number of methoxy groups -OCH3 is 1. The van der Waals surface area contributed by atoms with Gasteiger partial charge in [-0.1, -0.05) is 18.2 Å². The molecule has 6 heteroatoms. The van der Waals surface area contributed by atoms with Crippen LogP contribution in [0, 0.1) is 0 Å². The van der Waals surface area contributed by atoms with Gasteiger partial charge in [0.1, 0.15) is 5.75 Å². The van der Waals surface area contributed by atoms with Gasteiger partial charge in [-0.05, 0) is 33.8 Å². The summed E-state index contributed by atoms with van der Waals surface area (Å²) < 4.78 is 11.1. The molecule has 6 nitrogen and oxygen atoms in total. The number of ether oxygens (including phenoxy) is 2. The summed E-state index contributed by atoms with van der Waals surface area (Å²) in [6, 6.07) is 8.98. The number of rotatable bonds is 11. The van der Waals surface area contributed by atoms with E-state index in [0.717, 1.165) is 30.4 Å². The first kappa shape index (κ1) is 22.3. The molecular weight excluding hydrogens is 328 g/mol. The summed E-state index contributed by atoms with van der Waals surface area (Å²) in [6.07, 6.45) is 0. The minimum absolute atomic E-state index is 0.537. The van der Waals surface area contributed by atoms with E-state index in [-0.39, 0.29) is 0 Å². The second kappa shape index (κ2) is 12.5. The SMILES string of the molecule is CN=C(NCCOCc1ccccc1OC)NCCN(C(C)C)C(C)C. The quantitative estimate of drug-likeness (QED) is 0.359. The minimum atomic E-state index is 0.537. The fourth-order valence-electron chi connectivity index (χ4n) is 2.88. The van der Waals surface area contributed by atoms with E-state index in [1.165, 1.54) is 0 Å². The predicted molar refractivity (Wildman–Crippen MR) is 109 cm³/mol. The van der Waals surface area contributed by atoms with Crippen LogP contribution in [-0.2, 0) is 11.3 Å². The number of nitrogens with one attached hydrogen (secondary N) is 2. The van der Waals surface area contributed by atoms with Gasteiger partial charge in [0.25, 0.3) is 0 Å². The van der Waals surface area contributed by atoms with Crippen molar-refractivity contribution in [1.29, 1.82) is 0 Å². The number of guanidine groups is 1. The van der Waals surface area contributed by atoms with Crippen molar-refractivity contribution in [2.24, 2.45) is 4.99 Å². The first-order valence-corrected chi connectivity index (χ1v) is 9.39. The van der Waals surface area contributed by atoms with Crippen LogP contribution in [0.5, 0.6) is 5.75 Å². The zero-order chi connectivity index (χ0) is 19.4.